The number of aromatic nitrogens is 1. The second-order valence-electron chi connectivity index (χ2n) is 3.42. The van der Waals surface area contributed by atoms with Crippen molar-refractivity contribution in [3.05, 3.63) is 36.9 Å². The number of rotatable bonds is 5. The molecule has 0 radical (unpaired) electrons. The van der Waals surface area contributed by atoms with Gasteiger partial charge in [-0.3, -0.25) is 4.79 Å². The Morgan fingerprint density at radius 3 is 2.89 bits per heavy atom. The first kappa shape index (κ1) is 15.2. The van der Waals surface area contributed by atoms with E-state index in [0.717, 1.165) is 9.86 Å². The first-order valence-electron chi connectivity index (χ1n) is 5.09. The lowest BCUT2D eigenvalue weighted by molar-refractivity contribution is -0.692. The standard InChI is InChI=1S/C12H11NO2S2.BrH/c1-2-7-13-9-5-3-4-6-10(9)17-12(13)16-8-11(14)15;/h2-6H,1,7-8H2;1H. The molecule has 0 fully saturated rings. The molecule has 6 heteroatoms. The van der Waals surface area contributed by atoms with Crippen LogP contribution in [0.4, 0.5) is 0 Å². The molecule has 0 saturated heterocycles. The van der Waals surface area contributed by atoms with Crippen molar-refractivity contribution in [3.8, 4) is 0 Å². The van der Waals surface area contributed by atoms with Gasteiger partial charge in [0.25, 0.3) is 4.34 Å². The lowest BCUT2D eigenvalue weighted by Crippen LogP contribution is -3.00. The number of para-hydroxylation sites is 1. The molecule has 0 saturated carbocycles. The molecular formula is C12H12BrNO2S2. The van der Waals surface area contributed by atoms with Crippen LogP contribution in [0.5, 0.6) is 0 Å². The summed E-state index contributed by atoms with van der Waals surface area (Å²) < 4.78 is 4.27. The lowest BCUT2D eigenvalue weighted by atomic mass is 10.3. The van der Waals surface area contributed by atoms with E-state index >= 15 is 0 Å². The van der Waals surface area contributed by atoms with E-state index in [4.69, 9.17) is 5.11 Å². The Bertz CT molecular complexity index is 568. The highest BCUT2D eigenvalue weighted by atomic mass is 79.9. The fraction of sp³-hybridized carbons (Fsp3) is 0.167. The van der Waals surface area contributed by atoms with Crippen LogP contribution in [0.2, 0.25) is 0 Å². The van der Waals surface area contributed by atoms with Gasteiger partial charge < -0.3 is 22.1 Å². The van der Waals surface area contributed by atoms with Crippen LogP contribution >= 0.6 is 23.1 Å². The molecule has 0 unspecified atom stereocenters. The highest BCUT2D eigenvalue weighted by molar-refractivity contribution is 8.01. The number of benzene rings is 1. The van der Waals surface area contributed by atoms with Crippen molar-refractivity contribution < 1.29 is 31.4 Å². The van der Waals surface area contributed by atoms with Gasteiger partial charge in [-0.15, -0.1) is 0 Å². The second-order valence-corrected chi connectivity index (χ2v) is 5.67. The van der Waals surface area contributed by atoms with E-state index in [-0.39, 0.29) is 22.7 Å². The van der Waals surface area contributed by atoms with Crippen LogP contribution in [0.3, 0.4) is 0 Å². The van der Waals surface area contributed by atoms with Crippen molar-refractivity contribution in [1.29, 1.82) is 0 Å². The van der Waals surface area contributed by atoms with Crippen molar-refractivity contribution in [3.63, 3.8) is 0 Å². The summed E-state index contributed by atoms with van der Waals surface area (Å²) in [5, 5.41) is 8.72. The fourth-order valence-corrected chi connectivity index (χ4v) is 3.70. The van der Waals surface area contributed by atoms with Gasteiger partial charge in [0.15, 0.2) is 6.54 Å². The quantitative estimate of drug-likeness (QED) is 0.453. The van der Waals surface area contributed by atoms with Crippen LogP contribution in [0, 0.1) is 0 Å². The van der Waals surface area contributed by atoms with E-state index in [2.05, 4.69) is 11.1 Å². The van der Waals surface area contributed by atoms with E-state index in [1.165, 1.54) is 16.5 Å². The molecule has 96 valence electrons. The van der Waals surface area contributed by atoms with Gasteiger partial charge in [0.2, 0.25) is 5.52 Å². The summed E-state index contributed by atoms with van der Waals surface area (Å²) in [6.45, 7) is 4.44. The maximum absolute atomic E-state index is 10.6. The molecule has 3 nitrogen and oxygen atoms in total. The number of fused-ring (bicyclic) bond motifs is 1. The minimum Gasteiger partial charge on any atom is -1.00 e. The van der Waals surface area contributed by atoms with E-state index in [1.54, 1.807) is 11.3 Å². The molecule has 0 aliphatic rings. The maximum Gasteiger partial charge on any atom is 0.314 e. The highest BCUT2D eigenvalue weighted by Gasteiger charge is 2.20. The molecule has 0 amide bonds. The van der Waals surface area contributed by atoms with Crippen molar-refractivity contribution in [2.45, 2.75) is 10.9 Å². The Labute approximate surface area is 124 Å². The summed E-state index contributed by atoms with van der Waals surface area (Å²) in [5.74, 6) is -0.707. The van der Waals surface area contributed by atoms with Crippen LogP contribution in [0.15, 0.2) is 41.3 Å². The number of nitrogens with zero attached hydrogens (tertiary/aromatic N) is 1. The first-order chi connectivity index (χ1) is 8.22. The predicted molar refractivity (Wildman–Crippen MR) is 70.6 cm³/mol. The van der Waals surface area contributed by atoms with Gasteiger partial charge in [-0.25, -0.2) is 0 Å². The van der Waals surface area contributed by atoms with Crippen molar-refractivity contribution in [2.24, 2.45) is 0 Å². The number of carboxylic acid groups (broad SMARTS) is 1. The van der Waals surface area contributed by atoms with Gasteiger partial charge in [0.1, 0.15) is 10.5 Å². The smallest absolute Gasteiger partial charge is 0.314 e. The second kappa shape index (κ2) is 6.92. The number of carbonyl (C=O) groups is 1. The van der Waals surface area contributed by atoms with Crippen LogP contribution in [-0.4, -0.2) is 16.8 Å². The normalized spacial score (nSPS) is 10.0. The van der Waals surface area contributed by atoms with Crippen molar-refractivity contribution >= 4 is 39.3 Å². The van der Waals surface area contributed by atoms with Gasteiger partial charge in [-0.05, 0) is 23.9 Å². The molecule has 2 rings (SSSR count). The minimum absolute atomic E-state index is 0. The molecule has 2 aromatic rings. The van der Waals surface area contributed by atoms with Crippen molar-refractivity contribution in [2.75, 3.05) is 5.75 Å². The van der Waals surface area contributed by atoms with Gasteiger partial charge in [0.05, 0.1) is 0 Å². The number of allylic oxidation sites excluding steroid dienone is 1. The summed E-state index contributed by atoms with van der Waals surface area (Å²) in [6, 6.07) is 8.06. The zero-order chi connectivity index (χ0) is 12.3. The third-order valence-electron chi connectivity index (χ3n) is 2.20. The number of thioether (sulfide) groups is 1. The van der Waals surface area contributed by atoms with E-state index in [9.17, 15) is 4.79 Å². The fourth-order valence-electron chi connectivity index (χ4n) is 1.55. The average Bonchev–Trinajstić information content (AvgIpc) is 2.66. The molecule has 0 atom stereocenters. The summed E-state index contributed by atoms with van der Waals surface area (Å²) >= 11 is 2.98. The molecule has 0 bridgehead atoms. The Morgan fingerprint density at radius 2 is 2.22 bits per heavy atom. The largest absolute Gasteiger partial charge is 1.00 e. The zero-order valence-corrected chi connectivity index (χ0v) is 12.7. The number of hydrogen-bond acceptors (Lipinski definition) is 3. The average molecular weight is 346 g/mol. The van der Waals surface area contributed by atoms with Crippen LogP contribution < -0.4 is 21.5 Å². The van der Waals surface area contributed by atoms with E-state index in [1.807, 2.05) is 30.3 Å². The molecule has 1 N–H and O–H groups in total. The van der Waals surface area contributed by atoms with Gasteiger partial charge >= 0.3 is 5.97 Å². The number of hydrogen-bond donors (Lipinski definition) is 1. The van der Waals surface area contributed by atoms with Gasteiger partial charge in [-0.1, -0.05) is 30.0 Å². The topological polar surface area (TPSA) is 41.2 Å². The minimum atomic E-state index is -0.794. The number of carboxylic acids is 1. The molecule has 0 aliphatic carbocycles. The van der Waals surface area contributed by atoms with Crippen molar-refractivity contribution in [1.82, 2.24) is 0 Å². The molecular weight excluding hydrogens is 334 g/mol. The third kappa shape index (κ3) is 3.34. The molecule has 0 aliphatic heterocycles. The monoisotopic (exact) mass is 345 g/mol. The Morgan fingerprint density at radius 1 is 1.50 bits per heavy atom. The van der Waals surface area contributed by atoms with Crippen LogP contribution in [0.25, 0.3) is 10.2 Å². The molecule has 1 aromatic carbocycles. The van der Waals surface area contributed by atoms with Crippen LogP contribution in [0.1, 0.15) is 0 Å². The molecule has 1 aromatic heterocycles. The zero-order valence-electron chi connectivity index (χ0n) is 9.51. The summed E-state index contributed by atoms with van der Waals surface area (Å²) in [5.41, 5.74) is 1.13. The first-order valence-corrected chi connectivity index (χ1v) is 6.89. The Balaban J connectivity index is 0.00000162. The molecule has 18 heavy (non-hydrogen) atoms. The summed E-state index contributed by atoms with van der Waals surface area (Å²) in [6.07, 6.45) is 1.82. The number of aliphatic carboxylic acids is 1. The lowest BCUT2D eigenvalue weighted by Gasteiger charge is -1.94. The number of halogens is 1. The van der Waals surface area contributed by atoms with E-state index < -0.39 is 5.97 Å². The predicted octanol–water partition coefficient (Wildman–Crippen LogP) is -0.444. The highest BCUT2D eigenvalue weighted by Crippen LogP contribution is 2.27. The Kier molecular flexibility index (Phi) is 5.84. The van der Waals surface area contributed by atoms with Gasteiger partial charge in [-0.2, -0.15) is 4.57 Å². The molecule has 1 heterocycles. The SMILES string of the molecule is C=CC[n+]1c(SCC(=O)O)sc2ccccc21.[Br-]. The Hall–Kier alpha value is -0.850. The van der Waals surface area contributed by atoms with Gasteiger partial charge in [0, 0.05) is 6.07 Å². The summed E-state index contributed by atoms with van der Waals surface area (Å²) in [7, 11) is 0. The van der Waals surface area contributed by atoms with Crippen LogP contribution in [-0.2, 0) is 11.3 Å². The van der Waals surface area contributed by atoms with E-state index in [0.29, 0.717) is 6.54 Å². The summed E-state index contributed by atoms with van der Waals surface area (Å²) in [4.78, 5) is 10.6. The third-order valence-corrected chi connectivity index (χ3v) is 4.63. The molecule has 0 spiro atoms. The number of thiazole rings is 1. The maximum atomic E-state index is 10.6.